The van der Waals surface area contributed by atoms with Crippen LogP contribution in [-0.4, -0.2) is 87.2 Å². The monoisotopic (exact) mass is 755 g/mol. The highest BCUT2D eigenvalue weighted by Crippen LogP contribution is 2.32. The molecule has 8 N–H and O–H groups in total. The molecule has 0 radical (unpaired) electrons. The first-order valence-corrected chi connectivity index (χ1v) is 20.8. The average Bonchev–Trinajstić information content (AvgIpc) is 2.98. The Kier molecular flexibility index (Phi) is 24.0. The summed E-state index contributed by atoms with van der Waals surface area (Å²) in [6.07, 6.45) is 18.5. The van der Waals surface area contributed by atoms with Crippen molar-refractivity contribution in [2.75, 3.05) is 6.61 Å². The molecule has 8 nitrogen and oxygen atoms in total. The van der Waals surface area contributed by atoms with Crippen molar-refractivity contribution in [1.82, 2.24) is 0 Å². The van der Waals surface area contributed by atoms with E-state index in [0.717, 1.165) is 31.3 Å². The first kappa shape index (κ1) is 51.9. The molecule has 314 valence electrons. The largest absolute Gasteiger partial charge is 0.392 e. The van der Waals surface area contributed by atoms with E-state index in [1.54, 1.807) is 13.8 Å². The molecule has 0 unspecified atom stereocenters. The number of rotatable bonds is 31. The predicted molar refractivity (Wildman–Crippen MR) is 221 cm³/mol. The van der Waals surface area contributed by atoms with Crippen LogP contribution in [0.15, 0.2) is 34.9 Å². The van der Waals surface area contributed by atoms with Crippen LogP contribution in [-0.2, 0) is 0 Å². The van der Waals surface area contributed by atoms with E-state index >= 15 is 0 Å². The second kappa shape index (κ2) is 24.5. The molecule has 0 aliphatic rings. The summed E-state index contributed by atoms with van der Waals surface area (Å²) < 4.78 is 0. The van der Waals surface area contributed by atoms with Crippen molar-refractivity contribution in [3.8, 4) is 0 Å². The van der Waals surface area contributed by atoms with Gasteiger partial charge in [-0.2, -0.15) is 0 Å². The fourth-order valence-electron chi connectivity index (χ4n) is 7.27. The predicted octanol–water partition coefficient (Wildman–Crippen LogP) is 8.90. The zero-order valence-electron chi connectivity index (χ0n) is 35.9. The van der Waals surface area contributed by atoms with E-state index in [4.69, 9.17) is 5.11 Å². The van der Waals surface area contributed by atoms with E-state index < -0.39 is 39.7 Å². The second-order valence-electron chi connectivity index (χ2n) is 18.8. The van der Waals surface area contributed by atoms with Crippen molar-refractivity contribution in [3.05, 3.63) is 34.9 Å². The van der Waals surface area contributed by atoms with Crippen LogP contribution in [0.25, 0.3) is 0 Å². The minimum Gasteiger partial charge on any atom is -0.392 e. The van der Waals surface area contributed by atoms with Crippen LogP contribution in [0, 0.1) is 0 Å². The lowest BCUT2D eigenvalue weighted by Gasteiger charge is -2.32. The Morgan fingerprint density at radius 2 is 0.792 bits per heavy atom. The minimum absolute atomic E-state index is 0.0565. The standard InChI is InChI=1S/C45H86O8/c1-36(2)18-12-24-40(5,48)25-13-26-41(6,49)27-14-28-42(7,50)29-15-30-43(8,51)31-16-32-44(9,52)33-17-34-45(10,53)39(47)22-21-37(3)19-11-20-38(4)23-35-46/h18-19,23,39,46-53H,11-17,20-22,24-35H2,1-10H3/b37-19+,38-23+/t39-,40+,41+,42+,43+,44+,45+/m1/s1. The van der Waals surface area contributed by atoms with Gasteiger partial charge in [0.15, 0.2) is 0 Å². The topological polar surface area (TPSA) is 162 Å². The highest BCUT2D eigenvalue weighted by atomic mass is 16.3. The number of aliphatic hydroxyl groups is 8. The third kappa shape index (κ3) is 28.0. The lowest BCUT2D eigenvalue weighted by atomic mass is 9.83. The molecule has 0 aromatic carbocycles. The molecule has 0 aliphatic heterocycles. The summed E-state index contributed by atoms with van der Waals surface area (Å²) in [6.45, 7) is 19.0. The van der Waals surface area contributed by atoms with E-state index in [0.29, 0.717) is 109 Å². The van der Waals surface area contributed by atoms with E-state index in [1.165, 1.54) is 11.1 Å². The van der Waals surface area contributed by atoms with E-state index in [2.05, 4.69) is 26.0 Å². The third-order valence-corrected chi connectivity index (χ3v) is 11.4. The van der Waals surface area contributed by atoms with Gasteiger partial charge in [-0.3, -0.25) is 0 Å². The van der Waals surface area contributed by atoms with Crippen molar-refractivity contribution in [2.24, 2.45) is 0 Å². The Hall–Kier alpha value is -1.10. The van der Waals surface area contributed by atoms with Gasteiger partial charge in [0.25, 0.3) is 0 Å². The maximum atomic E-state index is 11.0. The molecule has 0 saturated carbocycles. The van der Waals surface area contributed by atoms with Gasteiger partial charge in [-0.1, -0.05) is 34.9 Å². The molecular formula is C45H86O8. The molecule has 7 atom stereocenters. The maximum Gasteiger partial charge on any atom is 0.0877 e. The molecule has 0 amide bonds. The van der Waals surface area contributed by atoms with Crippen molar-refractivity contribution in [2.45, 2.75) is 244 Å². The summed E-state index contributed by atoms with van der Waals surface area (Å²) in [7, 11) is 0. The van der Waals surface area contributed by atoms with Gasteiger partial charge in [0.05, 0.1) is 46.3 Å². The van der Waals surface area contributed by atoms with Crippen LogP contribution in [0.5, 0.6) is 0 Å². The van der Waals surface area contributed by atoms with Gasteiger partial charge >= 0.3 is 0 Å². The second-order valence-corrected chi connectivity index (χ2v) is 18.8. The third-order valence-electron chi connectivity index (χ3n) is 11.4. The number of allylic oxidation sites excluding steroid dienone is 5. The Morgan fingerprint density at radius 3 is 1.15 bits per heavy atom. The SMILES string of the molecule is CC(C)=CCC[C@](C)(O)CCC[C@](C)(O)CCC[C@](C)(O)CCC[C@](C)(O)CCC[C@](C)(O)CCC[C@](C)(O)[C@H](O)CC/C(C)=C/CC/C(C)=C/CO. The molecule has 0 rings (SSSR count). The number of hydrogen-bond acceptors (Lipinski definition) is 8. The average molecular weight is 755 g/mol. The zero-order chi connectivity index (χ0) is 41.0. The quantitative estimate of drug-likeness (QED) is 0.0326. The molecular weight excluding hydrogens is 668 g/mol. The summed E-state index contributed by atoms with van der Waals surface area (Å²) in [5, 5.41) is 85.3. The maximum absolute atomic E-state index is 11.0. The Labute approximate surface area is 325 Å². The van der Waals surface area contributed by atoms with Gasteiger partial charge in [0.1, 0.15) is 0 Å². The Balaban J connectivity index is 4.45. The van der Waals surface area contributed by atoms with Crippen molar-refractivity contribution in [3.63, 3.8) is 0 Å². The normalized spacial score (nSPS) is 20.3. The molecule has 0 aliphatic carbocycles. The molecule has 0 spiro atoms. The van der Waals surface area contributed by atoms with Crippen molar-refractivity contribution >= 4 is 0 Å². The van der Waals surface area contributed by atoms with Crippen molar-refractivity contribution in [1.29, 1.82) is 0 Å². The first-order chi connectivity index (χ1) is 24.2. The number of hydrogen-bond donors (Lipinski definition) is 8. The Morgan fingerprint density at radius 1 is 0.453 bits per heavy atom. The highest BCUT2D eigenvalue weighted by Gasteiger charge is 2.32. The fourth-order valence-corrected chi connectivity index (χ4v) is 7.27. The van der Waals surface area contributed by atoms with E-state index in [1.807, 2.05) is 47.6 Å². The van der Waals surface area contributed by atoms with Gasteiger partial charge in [-0.25, -0.2) is 0 Å². The summed E-state index contributed by atoms with van der Waals surface area (Å²) >= 11 is 0. The fraction of sp³-hybridized carbons (Fsp3) is 0.867. The van der Waals surface area contributed by atoms with Crippen LogP contribution in [0.3, 0.4) is 0 Å². The van der Waals surface area contributed by atoms with Crippen LogP contribution >= 0.6 is 0 Å². The van der Waals surface area contributed by atoms with Gasteiger partial charge in [0.2, 0.25) is 0 Å². The van der Waals surface area contributed by atoms with Crippen molar-refractivity contribution < 1.29 is 40.9 Å². The van der Waals surface area contributed by atoms with E-state index in [9.17, 15) is 35.7 Å². The molecule has 0 bridgehead atoms. The molecule has 0 fully saturated rings. The van der Waals surface area contributed by atoms with Crippen LogP contribution in [0.2, 0.25) is 0 Å². The van der Waals surface area contributed by atoms with Crippen LogP contribution in [0.4, 0.5) is 0 Å². The smallest absolute Gasteiger partial charge is 0.0877 e. The molecule has 8 heteroatoms. The number of aliphatic hydroxyl groups excluding tert-OH is 2. The first-order valence-electron chi connectivity index (χ1n) is 20.8. The lowest BCUT2D eigenvalue weighted by Crippen LogP contribution is -2.39. The molecule has 0 aromatic rings. The van der Waals surface area contributed by atoms with Crippen LogP contribution in [0.1, 0.15) is 204 Å². The van der Waals surface area contributed by atoms with E-state index in [-0.39, 0.29) is 6.61 Å². The lowest BCUT2D eigenvalue weighted by molar-refractivity contribution is -0.0746. The summed E-state index contributed by atoms with van der Waals surface area (Å²) in [5.41, 5.74) is -1.97. The molecule has 53 heavy (non-hydrogen) atoms. The van der Waals surface area contributed by atoms with Crippen LogP contribution < -0.4 is 0 Å². The highest BCUT2D eigenvalue weighted by molar-refractivity contribution is 5.04. The molecule has 0 aromatic heterocycles. The molecule has 0 heterocycles. The van der Waals surface area contributed by atoms with Gasteiger partial charge in [-0.05, 0) is 204 Å². The summed E-state index contributed by atoms with van der Waals surface area (Å²) in [4.78, 5) is 0. The molecule has 0 saturated heterocycles. The van der Waals surface area contributed by atoms with Gasteiger partial charge < -0.3 is 40.9 Å². The van der Waals surface area contributed by atoms with Gasteiger partial charge in [0, 0.05) is 0 Å². The summed E-state index contributed by atoms with van der Waals surface area (Å²) in [6, 6.07) is 0. The minimum atomic E-state index is -1.24. The summed E-state index contributed by atoms with van der Waals surface area (Å²) in [5.74, 6) is 0. The van der Waals surface area contributed by atoms with Gasteiger partial charge in [-0.15, -0.1) is 0 Å². The zero-order valence-corrected chi connectivity index (χ0v) is 35.9. The Bertz CT molecular complexity index is 1080.